The van der Waals surface area contributed by atoms with E-state index in [1.807, 2.05) is 0 Å². The van der Waals surface area contributed by atoms with Crippen LogP contribution in [0.4, 0.5) is 0 Å². The molecule has 6 heteroatoms. The zero-order valence-electron chi connectivity index (χ0n) is 7.95. The van der Waals surface area contributed by atoms with Gasteiger partial charge >= 0.3 is 0 Å². The molecule has 0 amide bonds. The number of hydrogen-bond donors (Lipinski definition) is 3. The highest BCUT2D eigenvalue weighted by Crippen LogP contribution is 2.30. The number of aromatic hydroxyl groups is 2. The Morgan fingerprint density at radius 3 is 2.31 bits per heavy atom. The first-order valence-electron chi connectivity index (χ1n) is 4.31. The first-order valence-corrected chi connectivity index (χ1v) is 5.75. The van der Waals surface area contributed by atoms with Crippen molar-refractivity contribution in [1.29, 1.82) is 0 Å². The Bertz CT molecular complexity index is 660. The maximum atomic E-state index is 10.9. The fourth-order valence-corrected chi connectivity index (χ4v) is 1.99. The molecule has 2 rings (SSSR count). The number of benzene rings is 2. The monoisotopic (exact) mass is 240 g/mol. The van der Waals surface area contributed by atoms with Crippen molar-refractivity contribution in [1.82, 2.24) is 0 Å². The van der Waals surface area contributed by atoms with Crippen LogP contribution < -0.4 is 0 Å². The second-order valence-corrected chi connectivity index (χ2v) is 4.74. The van der Waals surface area contributed by atoms with Gasteiger partial charge in [-0.1, -0.05) is 0 Å². The maximum absolute atomic E-state index is 10.9. The molecule has 0 unspecified atom stereocenters. The van der Waals surface area contributed by atoms with Crippen LogP contribution in [0.1, 0.15) is 0 Å². The van der Waals surface area contributed by atoms with Crippen LogP contribution in [0.15, 0.2) is 35.2 Å². The molecule has 3 N–H and O–H groups in total. The Morgan fingerprint density at radius 1 is 1.00 bits per heavy atom. The summed E-state index contributed by atoms with van der Waals surface area (Å²) in [7, 11) is -4.28. The third-order valence-electron chi connectivity index (χ3n) is 2.18. The highest BCUT2D eigenvalue weighted by molar-refractivity contribution is 7.85. The van der Waals surface area contributed by atoms with E-state index in [1.165, 1.54) is 24.3 Å². The summed E-state index contributed by atoms with van der Waals surface area (Å²) >= 11 is 0. The Morgan fingerprint density at radius 2 is 1.69 bits per heavy atom. The first-order chi connectivity index (χ1) is 7.38. The van der Waals surface area contributed by atoms with Crippen LogP contribution in [0.5, 0.6) is 11.5 Å². The van der Waals surface area contributed by atoms with E-state index in [9.17, 15) is 18.6 Å². The van der Waals surface area contributed by atoms with Crippen molar-refractivity contribution in [2.45, 2.75) is 4.90 Å². The third-order valence-corrected chi connectivity index (χ3v) is 3.03. The number of phenolic OH excluding ortho intramolecular Hbond substituents is 2. The normalized spacial score (nSPS) is 11.8. The highest BCUT2D eigenvalue weighted by Gasteiger charge is 2.11. The van der Waals surface area contributed by atoms with Crippen molar-refractivity contribution in [3.05, 3.63) is 30.3 Å². The molecule has 0 aliphatic heterocycles. The predicted molar refractivity (Wildman–Crippen MR) is 57.1 cm³/mol. The molecule has 0 saturated heterocycles. The molecule has 5 nitrogen and oxygen atoms in total. The van der Waals surface area contributed by atoms with Gasteiger partial charge in [-0.05, 0) is 29.7 Å². The molecule has 0 radical (unpaired) electrons. The number of fused-ring (bicyclic) bond motifs is 1. The molecule has 0 fully saturated rings. The first kappa shape index (κ1) is 10.7. The van der Waals surface area contributed by atoms with Gasteiger partial charge < -0.3 is 10.2 Å². The lowest BCUT2D eigenvalue weighted by atomic mass is 10.1. The average Bonchev–Trinajstić information content (AvgIpc) is 2.15. The van der Waals surface area contributed by atoms with Crippen LogP contribution in [0.25, 0.3) is 10.8 Å². The van der Waals surface area contributed by atoms with Gasteiger partial charge in [-0.2, -0.15) is 8.42 Å². The minimum absolute atomic E-state index is 0.156. The smallest absolute Gasteiger partial charge is 0.294 e. The van der Waals surface area contributed by atoms with Crippen molar-refractivity contribution in [2.75, 3.05) is 0 Å². The van der Waals surface area contributed by atoms with E-state index >= 15 is 0 Å². The van der Waals surface area contributed by atoms with Crippen molar-refractivity contribution in [3.63, 3.8) is 0 Å². The molecule has 0 saturated carbocycles. The summed E-state index contributed by atoms with van der Waals surface area (Å²) in [4.78, 5) is -0.287. The molecule has 2 aromatic rings. The summed E-state index contributed by atoms with van der Waals surface area (Å²) in [6, 6.07) is 6.14. The quantitative estimate of drug-likeness (QED) is 0.656. The van der Waals surface area contributed by atoms with Crippen molar-refractivity contribution in [2.24, 2.45) is 0 Å². The molecule has 0 bridgehead atoms. The van der Waals surface area contributed by atoms with Gasteiger partial charge in [0.05, 0.1) is 4.90 Å². The lowest BCUT2D eigenvalue weighted by Gasteiger charge is -2.04. The third kappa shape index (κ3) is 1.80. The van der Waals surface area contributed by atoms with Gasteiger partial charge in [-0.3, -0.25) is 4.55 Å². The van der Waals surface area contributed by atoms with Crippen LogP contribution in [0.3, 0.4) is 0 Å². The predicted octanol–water partition coefficient (Wildman–Crippen LogP) is 1.50. The maximum Gasteiger partial charge on any atom is 0.294 e. The second kappa shape index (κ2) is 3.36. The largest absolute Gasteiger partial charge is 0.508 e. The van der Waals surface area contributed by atoms with E-state index in [0.29, 0.717) is 10.8 Å². The second-order valence-electron chi connectivity index (χ2n) is 3.32. The van der Waals surface area contributed by atoms with Crippen molar-refractivity contribution in [3.8, 4) is 11.5 Å². The van der Waals surface area contributed by atoms with Crippen LogP contribution >= 0.6 is 0 Å². The Balaban J connectivity index is 2.81. The van der Waals surface area contributed by atoms with Gasteiger partial charge in [-0.25, -0.2) is 0 Å². The zero-order chi connectivity index (χ0) is 11.9. The molecular formula is C10H8O5S. The Hall–Kier alpha value is -1.79. The molecule has 0 aliphatic rings. The minimum Gasteiger partial charge on any atom is -0.508 e. The molecule has 0 aliphatic carbocycles. The molecule has 84 valence electrons. The SMILES string of the molecule is O=S(=O)(O)c1ccc2c(O)cc(O)cc2c1. The fourth-order valence-electron chi connectivity index (χ4n) is 1.47. The standard InChI is InChI=1S/C10H8O5S/c11-7-3-6-4-8(16(13,14)15)1-2-9(6)10(12)5-7/h1-5,11-12H,(H,13,14,15). The van der Waals surface area contributed by atoms with Gasteiger partial charge in [0.15, 0.2) is 0 Å². The molecule has 0 spiro atoms. The lowest BCUT2D eigenvalue weighted by Crippen LogP contribution is -1.97. The average molecular weight is 240 g/mol. The van der Waals surface area contributed by atoms with E-state index in [1.54, 1.807) is 0 Å². The summed E-state index contributed by atoms with van der Waals surface area (Å²) in [5, 5.41) is 19.4. The van der Waals surface area contributed by atoms with E-state index in [0.717, 1.165) is 6.07 Å². The summed E-state index contributed by atoms with van der Waals surface area (Å²) in [5.41, 5.74) is 0. The van der Waals surface area contributed by atoms with Crippen molar-refractivity contribution < 1.29 is 23.2 Å². The molecule has 0 atom stereocenters. The van der Waals surface area contributed by atoms with E-state index < -0.39 is 10.1 Å². The summed E-state index contributed by atoms with van der Waals surface area (Å²) in [6.45, 7) is 0. The van der Waals surface area contributed by atoms with Crippen LogP contribution in [-0.2, 0) is 10.1 Å². The van der Waals surface area contributed by atoms with E-state index in [4.69, 9.17) is 4.55 Å². The summed E-state index contributed by atoms with van der Waals surface area (Å²) in [6.07, 6.45) is 0. The van der Waals surface area contributed by atoms with Gasteiger partial charge in [0.2, 0.25) is 0 Å². The van der Waals surface area contributed by atoms with E-state index in [-0.39, 0.29) is 16.4 Å². The van der Waals surface area contributed by atoms with Crippen LogP contribution in [-0.4, -0.2) is 23.2 Å². The van der Waals surface area contributed by atoms with Gasteiger partial charge in [0, 0.05) is 11.5 Å². The molecule has 0 aromatic heterocycles. The number of rotatable bonds is 1. The lowest BCUT2D eigenvalue weighted by molar-refractivity contribution is 0.455. The van der Waals surface area contributed by atoms with Crippen LogP contribution in [0, 0.1) is 0 Å². The molecule has 0 heterocycles. The van der Waals surface area contributed by atoms with Gasteiger partial charge in [0.25, 0.3) is 10.1 Å². The van der Waals surface area contributed by atoms with Crippen molar-refractivity contribution >= 4 is 20.9 Å². The molecular weight excluding hydrogens is 232 g/mol. The number of phenols is 2. The Kier molecular flexibility index (Phi) is 2.25. The summed E-state index contributed by atoms with van der Waals surface area (Å²) in [5.74, 6) is -0.339. The zero-order valence-corrected chi connectivity index (χ0v) is 8.77. The van der Waals surface area contributed by atoms with Gasteiger partial charge in [-0.15, -0.1) is 0 Å². The molecule has 2 aromatic carbocycles. The number of hydrogen-bond acceptors (Lipinski definition) is 4. The summed E-state index contributed by atoms with van der Waals surface area (Å²) < 4.78 is 30.6. The Labute approximate surface area is 91.3 Å². The fraction of sp³-hybridized carbons (Fsp3) is 0. The minimum atomic E-state index is -4.28. The topological polar surface area (TPSA) is 94.8 Å². The van der Waals surface area contributed by atoms with Crippen LogP contribution in [0.2, 0.25) is 0 Å². The van der Waals surface area contributed by atoms with Gasteiger partial charge in [0.1, 0.15) is 11.5 Å². The highest BCUT2D eigenvalue weighted by atomic mass is 32.2. The molecule has 16 heavy (non-hydrogen) atoms. The van der Waals surface area contributed by atoms with E-state index in [2.05, 4.69) is 0 Å².